The molecular weight excluding hydrogens is 344 g/mol. The van der Waals surface area contributed by atoms with Crippen molar-refractivity contribution in [3.05, 3.63) is 53.5 Å². The summed E-state index contributed by atoms with van der Waals surface area (Å²) in [6, 6.07) is 9.72. The van der Waals surface area contributed by atoms with E-state index in [0.717, 1.165) is 40.8 Å². The lowest BCUT2D eigenvalue weighted by Crippen LogP contribution is -2.44. The smallest absolute Gasteiger partial charge is 0.315 e. The van der Waals surface area contributed by atoms with E-state index in [1.165, 1.54) is 0 Å². The van der Waals surface area contributed by atoms with Crippen LogP contribution in [0.2, 0.25) is 0 Å². The van der Waals surface area contributed by atoms with E-state index in [2.05, 4.69) is 15.7 Å². The van der Waals surface area contributed by atoms with Gasteiger partial charge in [-0.25, -0.2) is 4.79 Å². The SMILES string of the molecule is Cc1c(CNC(=O)NC2CCOC(c3ccnn3C)C2)oc2ccccc12. The molecule has 2 atom stereocenters. The second-order valence-electron chi connectivity index (χ2n) is 6.93. The van der Waals surface area contributed by atoms with Crippen molar-refractivity contribution >= 4 is 17.0 Å². The molecule has 3 aromatic rings. The fourth-order valence-electron chi connectivity index (χ4n) is 3.62. The predicted octanol–water partition coefficient (Wildman–Crippen LogP) is 3.19. The predicted molar refractivity (Wildman–Crippen MR) is 101 cm³/mol. The number of aryl methyl sites for hydroxylation is 2. The van der Waals surface area contributed by atoms with E-state index in [9.17, 15) is 4.79 Å². The number of ether oxygens (including phenoxy) is 1. The minimum Gasteiger partial charge on any atom is -0.459 e. The molecule has 27 heavy (non-hydrogen) atoms. The van der Waals surface area contributed by atoms with E-state index in [1.54, 1.807) is 6.20 Å². The van der Waals surface area contributed by atoms with Gasteiger partial charge < -0.3 is 19.8 Å². The summed E-state index contributed by atoms with van der Waals surface area (Å²) in [4.78, 5) is 12.3. The number of benzene rings is 1. The van der Waals surface area contributed by atoms with Gasteiger partial charge in [-0.1, -0.05) is 18.2 Å². The van der Waals surface area contributed by atoms with Crippen molar-refractivity contribution in [2.24, 2.45) is 7.05 Å². The molecule has 0 radical (unpaired) electrons. The van der Waals surface area contributed by atoms with Crippen LogP contribution in [0.25, 0.3) is 11.0 Å². The molecule has 2 amide bonds. The average Bonchev–Trinajstić information content (AvgIpc) is 3.24. The summed E-state index contributed by atoms with van der Waals surface area (Å²) in [5.74, 6) is 0.783. The van der Waals surface area contributed by atoms with Gasteiger partial charge in [0.25, 0.3) is 0 Å². The number of carbonyl (C=O) groups is 1. The van der Waals surface area contributed by atoms with E-state index in [1.807, 2.05) is 49.0 Å². The second kappa shape index (κ2) is 7.44. The second-order valence-corrected chi connectivity index (χ2v) is 6.93. The molecule has 2 unspecified atom stereocenters. The summed E-state index contributed by atoms with van der Waals surface area (Å²) in [6.07, 6.45) is 3.24. The lowest BCUT2D eigenvalue weighted by Gasteiger charge is -2.30. The maximum absolute atomic E-state index is 12.3. The molecule has 1 aliphatic rings. The summed E-state index contributed by atoms with van der Waals surface area (Å²) in [5.41, 5.74) is 2.93. The number of urea groups is 1. The van der Waals surface area contributed by atoms with Gasteiger partial charge in [-0.3, -0.25) is 4.68 Å². The molecule has 4 rings (SSSR count). The molecule has 0 saturated carbocycles. The van der Waals surface area contributed by atoms with E-state index >= 15 is 0 Å². The molecule has 1 saturated heterocycles. The Morgan fingerprint density at radius 2 is 2.19 bits per heavy atom. The monoisotopic (exact) mass is 368 g/mol. The molecule has 142 valence electrons. The summed E-state index contributed by atoms with van der Waals surface area (Å²) >= 11 is 0. The Morgan fingerprint density at radius 1 is 1.33 bits per heavy atom. The summed E-state index contributed by atoms with van der Waals surface area (Å²) < 4.78 is 13.5. The Hall–Kier alpha value is -2.80. The quantitative estimate of drug-likeness (QED) is 0.741. The average molecular weight is 368 g/mol. The van der Waals surface area contributed by atoms with Crippen molar-refractivity contribution in [3.8, 4) is 0 Å². The van der Waals surface area contributed by atoms with Gasteiger partial charge in [-0.05, 0) is 31.9 Å². The van der Waals surface area contributed by atoms with Crippen LogP contribution in [0, 0.1) is 6.92 Å². The summed E-state index contributed by atoms with van der Waals surface area (Å²) in [6.45, 7) is 2.99. The molecule has 1 fully saturated rings. The zero-order chi connectivity index (χ0) is 18.8. The van der Waals surface area contributed by atoms with E-state index < -0.39 is 0 Å². The third-order valence-corrected chi connectivity index (χ3v) is 5.16. The number of para-hydroxylation sites is 1. The van der Waals surface area contributed by atoms with Crippen LogP contribution in [-0.2, 0) is 18.3 Å². The van der Waals surface area contributed by atoms with Crippen molar-refractivity contribution in [3.63, 3.8) is 0 Å². The highest BCUT2D eigenvalue weighted by atomic mass is 16.5. The number of rotatable bonds is 4. The fourth-order valence-corrected chi connectivity index (χ4v) is 3.62. The third kappa shape index (κ3) is 3.68. The third-order valence-electron chi connectivity index (χ3n) is 5.16. The highest BCUT2D eigenvalue weighted by Crippen LogP contribution is 2.28. The minimum absolute atomic E-state index is 0.0471. The van der Waals surface area contributed by atoms with Crippen LogP contribution in [0.1, 0.15) is 36.0 Å². The zero-order valence-electron chi connectivity index (χ0n) is 15.6. The number of hydrogen-bond acceptors (Lipinski definition) is 4. The molecule has 0 aliphatic carbocycles. The summed E-state index contributed by atoms with van der Waals surface area (Å²) in [7, 11) is 1.90. The molecule has 2 aromatic heterocycles. The molecule has 3 heterocycles. The Balaban J connectivity index is 1.33. The highest BCUT2D eigenvalue weighted by Gasteiger charge is 2.27. The fraction of sp³-hybridized carbons (Fsp3) is 0.400. The normalized spacial score (nSPS) is 19.9. The number of hydrogen-bond donors (Lipinski definition) is 2. The Labute approximate surface area is 157 Å². The molecule has 1 aromatic carbocycles. The first-order valence-corrected chi connectivity index (χ1v) is 9.22. The van der Waals surface area contributed by atoms with Gasteiger partial charge in [0.1, 0.15) is 17.4 Å². The van der Waals surface area contributed by atoms with Gasteiger partial charge in [-0.2, -0.15) is 5.10 Å². The van der Waals surface area contributed by atoms with E-state index in [4.69, 9.17) is 9.15 Å². The Bertz CT molecular complexity index is 946. The molecule has 7 heteroatoms. The first-order valence-electron chi connectivity index (χ1n) is 9.22. The number of amides is 2. The molecular formula is C20H24N4O3. The number of nitrogens with zero attached hydrogens (tertiary/aromatic N) is 2. The number of nitrogens with one attached hydrogen (secondary N) is 2. The van der Waals surface area contributed by atoms with Crippen LogP contribution in [-0.4, -0.2) is 28.5 Å². The number of carbonyl (C=O) groups excluding carboxylic acids is 1. The van der Waals surface area contributed by atoms with Gasteiger partial charge in [-0.15, -0.1) is 0 Å². The van der Waals surface area contributed by atoms with Crippen molar-refractivity contribution in [1.29, 1.82) is 0 Å². The maximum Gasteiger partial charge on any atom is 0.315 e. The number of aromatic nitrogens is 2. The molecule has 7 nitrogen and oxygen atoms in total. The van der Waals surface area contributed by atoms with Crippen LogP contribution < -0.4 is 10.6 Å². The molecule has 0 spiro atoms. The van der Waals surface area contributed by atoms with Crippen molar-refractivity contribution in [1.82, 2.24) is 20.4 Å². The zero-order valence-corrected chi connectivity index (χ0v) is 15.6. The van der Waals surface area contributed by atoms with E-state index in [0.29, 0.717) is 13.2 Å². The van der Waals surface area contributed by atoms with Crippen LogP contribution in [0.3, 0.4) is 0 Å². The van der Waals surface area contributed by atoms with Gasteiger partial charge in [0, 0.05) is 36.8 Å². The van der Waals surface area contributed by atoms with Crippen LogP contribution >= 0.6 is 0 Å². The van der Waals surface area contributed by atoms with Gasteiger partial charge in [0.15, 0.2) is 0 Å². The summed E-state index contributed by atoms with van der Waals surface area (Å²) in [5, 5.41) is 11.2. The molecule has 2 N–H and O–H groups in total. The van der Waals surface area contributed by atoms with Crippen LogP contribution in [0.4, 0.5) is 4.79 Å². The standard InChI is InChI=1S/C20H24N4O3/c1-13-15-5-3-4-6-17(15)27-19(13)12-21-20(25)23-14-8-10-26-18(11-14)16-7-9-22-24(16)2/h3-7,9,14,18H,8,10-12H2,1-2H3,(H2,21,23,25). The Morgan fingerprint density at radius 3 is 2.96 bits per heavy atom. The lowest BCUT2D eigenvalue weighted by molar-refractivity contribution is -0.00232. The first-order chi connectivity index (χ1) is 13.1. The van der Waals surface area contributed by atoms with Crippen molar-refractivity contribution in [2.75, 3.05) is 6.61 Å². The van der Waals surface area contributed by atoms with Crippen LogP contribution in [0.15, 0.2) is 40.9 Å². The lowest BCUT2D eigenvalue weighted by atomic mass is 10.0. The number of furan rings is 1. The van der Waals surface area contributed by atoms with E-state index in [-0.39, 0.29) is 18.2 Å². The number of fused-ring (bicyclic) bond motifs is 1. The van der Waals surface area contributed by atoms with Gasteiger partial charge in [0.2, 0.25) is 0 Å². The minimum atomic E-state index is -0.189. The van der Waals surface area contributed by atoms with Gasteiger partial charge >= 0.3 is 6.03 Å². The topological polar surface area (TPSA) is 81.3 Å². The first kappa shape index (κ1) is 17.6. The van der Waals surface area contributed by atoms with Crippen molar-refractivity contribution in [2.45, 2.75) is 38.5 Å². The van der Waals surface area contributed by atoms with Gasteiger partial charge in [0.05, 0.1) is 12.2 Å². The van der Waals surface area contributed by atoms with Crippen LogP contribution in [0.5, 0.6) is 0 Å². The van der Waals surface area contributed by atoms with Crippen molar-refractivity contribution < 1.29 is 13.9 Å². The highest BCUT2D eigenvalue weighted by molar-refractivity contribution is 5.82. The molecule has 0 bridgehead atoms. The molecule has 1 aliphatic heterocycles. The maximum atomic E-state index is 12.3. The largest absolute Gasteiger partial charge is 0.459 e. The Kier molecular flexibility index (Phi) is 4.85.